The number of nitrogens with one attached hydrogen (secondary N) is 1. The molecular formula is C16H12I2N4OS. The van der Waals surface area contributed by atoms with Crippen molar-refractivity contribution in [3.05, 3.63) is 59.4 Å². The van der Waals surface area contributed by atoms with E-state index in [0.29, 0.717) is 16.2 Å². The van der Waals surface area contributed by atoms with Crippen molar-refractivity contribution in [2.24, 2.45) is 5.10 Å². The summed E-state index contributed by atoms with van der Waals surface area (Å²) >= 11 is 9.57. The summed E-state index contributed by atoms with van der Waals surface area (Å²) in [4.78, 5) is 0. The fourth-order valence-corrected chi connectivity index (χ4v) is 4.24. The van der Waals surface area contributed by atoms with E-state index in [2.05, 4.69) is 60.5 Å². The number of aromatic hydroxyl groups is 1. The molecule has 0 saturated carbocycles. The zero-order valence-corrected chi connectivity index (χ0v) is 17.6. The van der Waals surface area contributed by atoms with Gasteiger partial charge < -0.3 is 5.11 Å². The highest BCUT2D eigenvalue weighted by molar-refractivity contribution is 14.1. The second-order valence-corrected chi connectivity index (χ2v) is 7.90. The van der Waals surface area contributed by atoms with Crippen molar-refractivity contribution in [1.82, 2.24) is 14.9 Å². The van der Waals surface area contributed by atoms with E-state index in [0.717, 1.165) is 18.3 Å². The molecule has 3 aromatic rings. The largest absolute Gasteiger partial charge is 0.506 e. The molecule has 0 aliphatic carbocycles. The molecule has 3 rings (SSSR count). The Balaban J connectivity index is 2.06. The zero-order chi connectivity index (χ0) is 17.3. The topological polar surface area (TPSA) is 66.2 Å². The Morgan fingerprint density at radius 1 is 1.29 bits per heavy atom. The van der Waals surface area contributed by atoms with E-state index < -0.39 is 0 Å². The number of halogens is 2. The monoisotopic (exact) mass is 562 g/mol. The number of aryl methyl sites for hydroxylation is 1. The molecule has 0 aliphatic rings. The van der Waals surface area contributed by atoms with Crippen molar-refractivity contribution < 1.29 is 5.11 Å². The van der Waals surface area contributed by atoms with Gasteiger partial charge in [0, 0.05) is 14.7 Å². The maximum Gasteiger partial charge on any atom is 0.216 e. The lowest BCUT2D eigenvalue weighted by Crippen LogP contribution is -1.96. The number of hydrogen-bond acceptors (Lipinski definition) is 4. The Hall–Kier alpha value is -1.27. The lowest BCUT2D eigenvalue weighted by molar-refractivity contribution is 0.470. The van der Waals surface area contributed by atoms with Crippen molar-refractivity contribution in [3.8, 4) is 17.1 Å². The summed E-state index contributed by atoms with van der Waals surface area (Å²) in [5.41, 5.74) is 2.67. The Morgan fingerprint density at radius 2 is 2.08 bits per heavy atom. The van der Waals surface area contributed by atoms with E-state index in [-0.39, 0.29) is 5.75 Å². The minimum Gasteiger partial charge on any atom is -0.506 e. The standard InChI is InChI=1S/C16H12I2N4OS/c1-9-3-2-4-10(5-9)15-20-21-16(24)22(15)19-8-11-6-12(17)7-13(18)14(11)23/h2-8,23H,1H3,(H,21,24)/b19-8-. The number of aromatic amines is 1. The summed E-state index contributed by atoms with van der Waals surface area (Å²) in [5, 5.41) is 21.6. The molecule has 0 bridgehead atoms. The molecule has 8 heteroatoms. The van der Waals surface area contributed by atoms with Gasteiger partial charge in [0.2, 0.25) is 4.77 Å². The first-order valence-corrected chi connectivity index (χ1v) is 9.49. The van der Waals surface area contributed by atoms with E-state index in [1.807, 2.05) is 43.3 Å². The van der Waals surface area contributed by atoms with Gasteiger partial charge >= 0.3 is 0 Å². The predicted octanol–water partition coefficient (Wildman–Crippen LogP) is 4.71. The van der Waals surface area contributed by atoms with E-state index in [1.165, 1.54) is 0 Å². The van der Waals surface area contributed by atoms with Crippen LogP contribution in [0, 0.1) is 18.8 Å². The van der Waals surface area contributed by atoms with Gasteiger partial charge in [-0.1, -0.05) is 23.8 Å². The molecule has 1 aromatic heterocycles. The third kappa shape index (κ3) is 3.70. The van der Waals surface area contributed by atoms with Gasteiger partial charge in [-0.3, -0.25) is 0 Å². The number of hydrogen-bond donors (Lipinski definition) is 2. The molecule has 1 heterocycles. The van der Waals surface area contributed by atoms with Gasteiger partial charge in [0.1, 0.15) is 5.75 Å². The summed E-state index contributed by atoms with van der Waals surface area (Å²) in [5.74, 6) is 0.826. The average Bonchev–Trinajstić information content (AvgIpc) is 2.90. The van der Waals surface area contributed by atoms with Gasteiger partial charge in [0.25, 0.3) is 0 Å². The van der Waals surface area contributed by atoms with E-state index in [1.54, 1.807) is 10.9 Å². The maximum atomic E-state index is 10.2. The van der Waals surface area contributed by atoms with E-state index >= 15 is 0 Å². The molecule has 122 valence electrons. The Labute approximate surface area is 171 Å². The van der Waals surface area contributed by atoms with Crippen LogP contribution >= 0.6 is 57.4 Å². The van der Waals surface area contributed by atoms with Crippen LogP contribution in [0.5, 0.6) is 5.75 Å². The van der Waals surface area contributed by atoms with E-state index in [9.17, 15) is 5.11 Å². The molecule has 2 N–H and O–H groups in total. The number of phenolic OH excluding ortho intramolecular Hbond substituents is 1. The molecule has 0 fully saturated rings. The van der Waals surface area contributed by atoms with Crippen molar-refractivity contribution in [3.63, 3.8) is 0 Å². The van der Waals surface area contributed by atoms with Crippen LogP contribution in [0.15, 0.2) is 41.5 Å². The third-order valence-corrected chi connectivity index (χ3v) is 5.01. The van der Waals surface area contributed by atoms with Crippen molar-refractivity contribution in [2.75, 3.05) is 0 Å². The van der Waals surface area contributed by atoms with Gasteiger partial charge in [0.15, 0.2) is 5.82 Å². The highest BCUT2D eigenvalue weighted by Gasteiger charge is 2.09. The van der Waals surface area contributed by atoms with Crippen LogP contribution in [-0.2, 0) is 0 Å². The quantitative estimate of drug-likeness (QED) is 0.276. The molecular weight excluding hydrogens is 550 g/mol. The van der Waals surface area contributed by atoms with Gasteiger partial charge in [-0.2, -0.15) is 14.9 Å². The van der Waals surface area contributed by atoms with Crippen LogP contribution < -0.4 is 0 Å². The molecule has 0 radical (unpaired) electrons. The van der Waals surface area contributed by atoms with Gasteiger partial charge in [0.05, 0.1) is 9.78 Å². The average molecular weight is 562 g/mol. The number of benzene rings is 2. The van der Waals surface area contributed by atoms with Crippen molar-refractivity contribution >= 4 is 63.6 Å². The molecule has 0 spiro atoms. The van der Waals surface area contributed by atoms with Gasteiger partial charge in [-0.25, -0.2) is 5.10 Å². The molecule has 0 amide bonds. The summed E-state index contributed by atoms with van der Waals surface area (Å²) in [6.07, 6.45) is 1.59. The Bertz CT molecular complexity index is 994. The Morgan fingerprint density at radius 3 is 2.83 bits per heavy atom. The van der Waals surface area contributed by atoms with Crippen LogP contribution in [0.3, 0.4) is 0 Å². The Kier molecular flexibility index (Phi) is 5.35. The summed E-state index contributed by atoms with van der Waals surface area (Å²) < 4.78 is 3.74. The van der Waals surface area contributed by atoms with Crippen LogP contribution in [0.25, 0.3) is 11.4 Å². The van der Waals surface area contributed by atoms with Crippen molar-refractivity contribution in [2.45, 2.75) is 6.92 Å². The third-order valence-electron chi connectivity index (χ3n) is 3.30. The van der Waals surface area contributed by atoms with Crippen LogP contribution in [0.1, 0.15) is 11.1 Å². The minimum absolute atomic E-state index is 0.201. The number of phenols is 1. The number of nitrogens with zero attached hydrogens (tertiary/aromatic N) is 3. The minimum atomic E-state index is 0.201. The highest BCUT2D eigenvalue weighted by Crippen LogP contribution is 2.26. The zero-order valence-electron chi connectivity index (χ0n) is 12.5. The molecule has 5 nitrogen and oxygen atoms in total. The lowest BCUT2D eigenvalue weighted by atomic mass is 10.1. The van der Waals surface area contributed by atoms with Gasteiger partial charge in [-0.15, -0.1) is 0 Å². The van der Waals surface area contributed by atoms with Crippen LogP contribution in [-0.4, -0.2) is 26.2 Å². The first-order valence-electron chi connectivity index (χ1n) is 6.92. The molecule has 0 aliphatic heterocycles. The smallest absolute Gasteiger partial charge is 0.216 e. The summed E-state index contributed by atoms with van der Waals surface area (Å²) in [7, 11) is 0. The fourth-order valence-electron chi connectivity index (χ4n) is 2.17. The fraction of sp³-hybridized carbons (Fsp3) is 0.0625. The highest BCUT2D eigenvalue weighted by atomic mass is 127. The molecule has 2 aromatic carbocycles. The first kappa shape index (κ1) is 17.5. The van der Waals surface area contributed by atoms with Crippen LogP contribution in [0.2, 0.25) is 0 Å². The molecule has 24 heavy (non-hydrogen) atoms. The summed E-state index contributed by atoms with van der Waals surface area (Å²) in [6.45, 7) is 2.02. The second-order valence-electron chi connectivity index (χ2n) is 5.10. The van der Waals surface area contributed by atoms with Gasteiger partial charge in [-0.05, 0) is 82.5 Å². The first-order chi connectivity index (χ1) is 11.5. The van der Waals surface area contributed by atoms with E-state index in [4.69, 9.17) is 12.2 Å². The van der Waals surface area contributed by atoms with Crippen LogP contribution in [0.4, 0.5) is 0 Å². The number of aromatic nitrogens is 3. The molecule has 0 atom stereocenters. The predicted molar refractivity (Wildman–Crippen MR) is 114 cm³/mol. The SMILES string of the molecule is Cc1cccc(-c2n[nH]c(=S)n2/N=C\c2cc(I)cc(I)c2O)c1. The normalized spacial score (nSPS) is 11.3. The number of H-pyrrole nitrogens is 1. The maximum absolute atomic E-state index is 10.2. The summed E-state index contributed by atoms with van der Waals surface area (Å²) in [6, 6.07) is 11.7. The molecule has 0 saturated heterocycles. The second kappa shape index (κ2) is 7.31. The van der Waals surface area contributed by atoms with Crippen molar-refractivity contribution in [1.29, 1.82) is 0 Å². The number of rotatable bonds is 3. The molecule has 0 unspecified atom stereocenters. The lowest BCUT2D eigenvalue weighted by Gasteiger charge is -2.04.